The molecule has 33 heavy (non-hydrogen) atoms. The van der Waals surface area contributed by atoms with Gasteiger partial charge in [0.25, 0.3) is 11.8 Å². The molecule has 0 aliphatic carbocycles. The van der Waals surface area contributed by atoms with Gasteiger partial charge in [-0.05, 0) is 55.1 Å². The van der Waals surface area contributed by atoms with Gasteiger partial charge in [-0.15, -0.1) is 0 Å². The van der Waals surface area contributed by atoms with Crippen LogP contribution < -0.4 is 21.3 Å². The fourth-order valence-electron chi connectivity index (χ4n) is 3.76. The van der Waals surface area contributed by atoms with Crippen LogP contribution in [-0.4, -0.2) is 36.9 Å². The molecule has 0 saturated carbocycles. The summed E-state index contributed by atoms with van der Waals surface area (Å²) in [4.78, 5) is 41.0. The second-order valence-corrected chi connectivity index (χ2v) is 9.64. The molecule has 1 heterocycles. The number of aryl methyl sites for hydroxylation is 1. The Balaban J connectivity index is 1.98. The largest absolute Gasteiger partial charge is 0.351 e. The minimum Gasteiger partial charge on any atom is -0.351 e. The first kappa shape index (κ1) is 24.5. The highest BCUT2D eigenvalue weighted by Crippen LogP contribution is 2.37. The maximum atomic E-state index is 13.6. The Kier molecular flexibility index (Phi) is 7.22. The molecule has 1 aliphatic rings. The zero-order valence-corrected chi connectivity index (χ0v) is 20.1. The first-order chi connectivity index (χ1) is 15.6. The molecule has 7 nitrogen and oxygen atoms in total. The van der Waals surface area contributed by atoms with Crippen molar-refractivity contribution in [1.29, 1.82) is 0 Å². The molecule has 2 aromatic rings. The number of benzene rings is 2. The minimum atomic E-state index is -0.638. The molecular formula is C26H34N4O3. The van der Waals surface area contributed by atoms with Gasteiger partial charge >= 0.3 is 0 Å². The fraction of sp³-hybridized carbons (Fsp3) is 0.423. The summed E-state index contributed by atoms with van der Waals surface area (Å²) in [5.41, 5.74) is 8.54. The summed E-state index contributed by atoms with van der Waals surface area (Å²) in [6.45, 7) is 10.7. The van der Waals surface area contributed by atoms with Gasteiger partial charge in [0, 0.05) is 17.7 Å². The lowest BCUT2D eigenvalue weighted by molar-refractivity contribution is -0.118. The maximum Gasteiger partial charge on any atom is 0.259 e. The predicted molar refractivity (Wildman–Crippen MR) is 131 cm³/mol. The number of fused-ring (bicyclic) bond motifs is 1. The second kappa shape index (κ2) is 9.75. The third kappa shape index (κ3) is 5.25. The number of carbonyl (C=O) groups excluding carboxylic acids is 3. The zero-order valence-electron chi connectivity index (χ0n) is 20.1. The summed E-state index contributed by atoms with van der Waals surface area (Å²) in [6.07, 6.45) is 0.739. The highest BCUT2D eigenvalue weighted by Gasteiger charge is 2.40. The van der Waals surface area contributed by atoms with Crippen molar-refractivity contribution >= 4 is 29.1 Å². The highest BCUT2D eigenvalue weighted by molar-refractivity contribution is 6.17. The lowest BCUT2D eigenvalue weighted by Crippen LogP contribution is -2.54. The van der Waals surface area contributed by atoms with E-state index in [1.54, 1.807) is 35.2 Å². The van der Waals surface area contributed by atoms with Crippen molar-refractivity contribution in [3.05, 3.63) is 59.2 Å². The number of rotatable bonds is 7. The van der Waals surface area contributed by atoms with Crippen LogP contribution in [0.25, 0.3) is 0 Å². The Hall–Kier alpha value is -3.19. The molecule has 1 aliphatic heterocycles. The topological polar surface area (TPSA) is 105 Å². The SMILES string of the molecule is CCC(C)C1C(=O)Nc2cc(C(=O)NCC(C)(C)CN)ccc2N1C(=O)c1ccc(C)cc1. The Morgan fingerprint density at radius 3 is 2.39 bits per heavy atom. The standard InChI is InChI=1S/C26H34N4O3/c1-6-17(3)22-24(32)29-20-13-19(23(31)28-15-26(4,5)14-27)11-12-21(20)30(22)25(33)18-9-7-16(2)8-10-18/h7-13,17,22H,6,14-15,27H2,1-5H3,(H,28,31)(H,29,32). The molecule has 0 aromatic heterocycles. The van der Waals surface area contributed by atoms with Gasteiger partial charge in [-0.1, -0.05) is 51.8 Å². The van der Waals surface area contributed by atoms with Crippen molar-refractivity contribution in [2.45, 2.75) is 47.1 Å². The van der Waals surface area contributed by atoms with Gasteiger partial charge in [0.2, 0.25) is 5.91 Å². The van der Waals surface area contributed by atoms with E-state index in [1.165, 1.54) is 0 Å². The average molecular weight is 451 g/mol. The number of nitrogens with zero attached hydrogens (tertiary/aromatic N) is 1. The predicted octanol–water partition coefficient (Wildman–Crippen LogP) is 3.72. The number of hydrogen-bond acceptors (Lipinski definition) is 4. The van der Waals surface area contributed by atoms with E-state index in [1.807, 2.05) is 46.8 Å². The molecule has 0 saturated heterocycles. The van der Waals surface area contributed by atoms with Gasteiger partial charge in [-0.25, -0.2) is 0 Å². The van der Waals surface area contributed by atoms with E-state index in [4.69, 9.17) is 5.73 Å². The quantitative estimate of drug-likeness (QED) is 0.598. The van der Waals surface area contributed by atoms with Crippen LogP contribution in [0.1, 0.15) is 60.4 Å². The van der Waals surface area contributed by atoms with Crippen LogP contribution in [0.5, 0.6) is 0 Å². The van der Waals surface area contributed by atoms with E-state index in [0.717, 1.165) is 12.0 Å². The number of amides is 3. The summed E-state index contributed by atoms with van der Waals surface area (Å²) in [5.74, 6) is -0.791. The van der Waals surface area contributed by atoms with Gasteiger partial charge in [0.05, 0.1) is 11.4 Å². The molecule has 0 spiro atoms. The summed E-state index contributed by atoms with van der Waals surface area (Å²) < 4.78 is 0. The third-order valence-electron chi connectivity index (χ3n) is 6.30. The normalized spacial score (nSPS) is 16.6. The van der Waals surface area contributed by atoms with E-state index in [-0.39, 0.29) is 29.1 Å². The van der Waals surface area contributed by atoms with Crippen LogP contribution >= 0.6 is 0 Å². The summed E-state index contributed by atoms with van der Waals surface area (Å²) in [6, 6.07) is 11.7. The van der Waals surface area contributed by atoms with Crippen LogP contribution in [0.4, 0.5) is 11.4 Å². The Labute approximate surface area is 195 Å². The van der Waals surface area contributed by atoms with Crippen LogP contribution in [0.15, 0.2) is 42.5 Å². The average Bonchev–Trinajstić information content (AvgIpc) is 2.80. The monoisotopic (exact) mass is 450 g/mol. The summed E-state index contributed by atoms with van der Waals surface area (Å²) in [5, 5.41) is 5.81. The smallest absolute Gasteiger partial charge is 0.259 e. The molecule has 4 N–H and O–H groups in total. The van der Waals surface area contributed by atoms with E-state index in [0.29, 0.717) is 35.6 Å². The first-order valence-corrected chi connectivity index (χ1v) is 11.4. The number of nitrogens with two attached hydrogens (primary N) is 1. The van der Waals surface area contributed by atoms with Crippen molar-refractivity contribution in [2.24, 2.45) is 17.1 Å². The van der Waals surface area contributed by atoms with Crippen LogP contribution in [-0.2, 0) is 4.79 Å². The number of hydrogen-bond donors (Lipinski definition) is 3. The summed E-state index contributed by atoms with van der Waals surface area (Å²) >= 11 is 0. The molecule has 176 valence electrons. The van der Waals surface area contributed by atoms with Crippen molar-refractivity contribution in [1.82, 2.24) is 5.32 Å². The van der Waals surface area contributed by atoms with Crippen LogP contribution in [0.3, 0.4) is 0 Å². The molecule has 7 heteroatoms. The molecule has 0 bridgehead atoms. The number of anilines is 2. The van der Waals surface area contributed by atoms with Crippen molar-refractivity contribution in [3.63, 3.8) is 0 Å². The second-order valence-electron chi connectivity index (χ2n) is 9.64. The number of nitrogens with one attached hydrogen (secondary N) is 2. The lowest BCUT2D eigenvalue weighted by atomic mass is 9.92. The molecule has 3 amide bonds. The van der Waals surface area contributed by atoms with Gasteiger partial charge in [0.15, 0.2) is 0 Å². The zero-order chi connectivity index (χ0) is 24.3. The third-order valence-corrected chi connectivity index (χ3v) is 6.30. The Morgan fingerprint density at radius 2 is 1.79 bits per heavy atom. The van der Waals surface area contributed by atoms with Gasteiger partial charge in [-0.3, -0.25) is 19.3 Å². The van der Waals surface area contributed by atoms with E-state index < -0.39 is 6.04 Å². The minimum absolute atomic E-state index is 0.0472. The fourth-order valence-corrected chi connectivity index (χ4v) is 3.76. The molecule has 2 atom stereocenters. The van der Waals surface area contributed by atoms with Crippen LogP contribution in [0.2, 0.25) is 0 Å². The van der Waals surface area contributed by atoms with E-state index in [2.05, 4.69) is 10.6 Å². The van der Waals surface area contributed by atoms with Gasteiger partial charge in [-0.2, -0.15) is 0 Å². The van der Waals surface area contributed by atoms with Crippen LogP contribution in [0, 0.1) is 18.3 Å². The summed E-state index contributed by atoms with van der Waals surface area (Å²) in [7, 11) is 0. The molecule has 2 aromatic carbocycles. The van der Waals surface area contributed by atoms with E-state index >= 15 is 0 Å². The van der Waals surface area contributed by atoms with Gasteiger partial charge in [0.1, 0.15) is 6.04 Å². The molecular weight excluding hydrogens is 416 g/mol. The number of carbonyl (C=O) groups is 3. The Morgan fingerprint density at radius 1 is 1.15 bits per heavy atom. The Bertz CT molecular complexity index is 1050. The first-order valence-electron chi connectivity index (χ1n) is 11.4. The van der Waals surface area contributed by atoms with E-state index in [9.17, 15) is 14.4 Å². The lowest BCUT2D eigenvalue weighted by Gasteiger charge is -2.39. The molecule has 2 unspecified atom stereocenters. The van der Waals surface area contributed by atoms with Crippen molar-refractivity contribution in [3.8, 4) is 0 Å². The molecule has 0 radical (unpaired) electrons. The van der Waals surface area contributed by atoms with Crippen molar-refractivity contribution in [2.75, 3.05) is 23.3 Å². The maximum absolute atomic E-state index is 13.6. The molecule has 3 rings (SSSR count). The van der Waals surface area contributed by atoms with Gasteiger partial charge < -0.3 is 16.4 Å². The highest BCUT2D eigenvalue weighted by atomic mass is 16.2. The van der Waals surface area contributed by atoms with Crippen molar-refractivity contribution < 1.29 is 14.4 Å². The molecule has 0 fully saturated rings.